The fourth-order valence-corrected chi connectivity index (χ4v) is 4.69. The van der Waals surface area contributed by atoms with Crippen LogP contribution in [0.2, 0.25) is 0 Å². The highest BCUT2D eigenvalue weighted by atomic mass is 16.5. The summed E-state index contributed by atoms with van der Waals surface area (Å²) in [7, 11) is 0. The Hall–Kier alpha value is -3.42. The standard InChI is InChI=1S/C28H20O/c1-2-7-19(8-3-1)17-29-18-26-23-12-5-4-11-22(23)24-15-13-20-9-6-10-21-14-16-25(26)28(24)27(20)21/h1-16H,17-18H2. The van der Waals surface area contributed by atoms with Crippen molar-refractivity contribution in [3.63, 3.8) is 0 Å². The van der Waals surface area contributed by atoms with Crippen LogP contribution in [0.25, 0.3) is 43.1 Å². The van der Waals surface area contributed by atoms with Crippen molar-refractivity contribution in [2.24, 2.45) is 0 Å². The van der Waals surface area contributed by atoms with Gasteiger partial charge < -0.3 is 4.74 Å². The maximum absolute atomic E-state index is 6.20. The topological polar surface area (TPSA) is 9.23 Å². The van der Waals surface area contributed by atoms with Gasteiger partial charge in [-0.3, -0.25) is 0 Å². The van der Waals surface area contributed by atoms with E-state index in [1.807, 2.05) is 6.07 Å². The van der Waals surface area contributed by atoms with Crippen molar-refractivity contribution < 1.29 is 4.74 Å². The second kappa shape index (κ2) is 6.58. The van der Waals surface area contributed by atoms with Gasteiger partial charge in [0.25, 0.3) is 0 Å². The van der Waals surface area contributed by atoms with E-state index in [0.717, 1.165) is 0 Å². The van der Waals surface area contributed by atoms with E-state index in [-0.39, 0.29) is 0 Å². The summed E-state index contributed by atoms with van der Waals surface area (Å²) in [5.74, 6) is 0. The summed E-state index contributed by atoms with van der Waals surface area (Å²) in [5, 5.41) is 10.5. The first-order valence-corrected chi connectivity index (χ1v) is 10.1. The third-order valence-electron chi connectivity index (χ3n) is 6.00. The number of rotatable bonds is 4. The molecule has 0 N–H and O–H groups in total. The Labute approximate surface area is 169 Å². The van der Waals surface area contributed by atoms with E-state index in [0.29, 0.717) is 13.2 Å². The lowest BCUT2D eigenvalue weighted by Crippen LogP contribution is -1.98. The Kier molecular flexibility index (Phi) is 3.75. The molecule has 138 valence electrons. The van der Waals surface area contributed by atoms with Gasteiger partial charge in [0, 0.05) is 0 Å². The summed E-state index contributed by atoms with van der Waals surface area (Å²) >= 11 is 0. The van der Waals surface area contributed by atoms with E-state index in [4.69, 9.17) is 4.74 Å². The molecule has 0 heterocycles. The summed E-state index contributed by atoms with van der Waals surface area (Å²) < 4.78 is 6.20. The maximum atomic E-state index is 6.20. The molecule has 0 aliphatic heterocycles. The highest BCUT2D eigenvalue weighted by molar-refractivity contribution is 6.29. The van der Waals surface area contributed by atoms with Gasteiger partial charge in [-0.15, -0.1) is 0 Å². The summed E-state index contributed by atoms with van der Waals surface area (Å²) in [6.07, 6.45) is 0. The van der Waals surface area contributed by atoms with Crippen LogP contribution >= 0.6 is 0 Å². The molecule has 0 aromatic heterocycles. The molecule has 0 atom stereocenters. The Morgan fingerprint density at radius 2 is 1.14 bits per heavy atom. The molecule has 0 aliphatic carbocycles. The van der Waals surface area contributed by atoms with Crippen molar-refractivity contribution in [2.75, 3.05) is 0 Å². The third-order valence-corrected chi connectivity index (χ3v) is 6.00. The molecular weight excluding hydrogens is 352 g/mol. The molecule has 0 radical (unpaired) electrons. The number of ether oxygens (including phenoxy) is 1. The molecule has 0 fully saturated rings. The molecule has 29 heavy (non-hydrogen) atoms. The molecule has 6 aromatic rings. The Morgan fingerprint density at radius 3 is 1.93 bits per heavy atom. The van der Waals surface area contributed by atoms with E-state index >= 15 is 0 Å². The number of fused-ring (bicyclic) bond motifs is 2. The molecule has 6 aromatic carbocycles. The molecule has 0 spiro atoms. The van der Waals surface area contributed by atoms with E-state index in [1.54, 1.807) is 0 Å². The first kappa shape index (κ1) is 16.5. The highest BCUT2D eigenvalue weighted by Crippen LogP contribution is 2.41. The first-order valence-electron chi connectivity index (χ1n) is 10.1. The van der Waals surface area contributed by atoms with Crippen molar-refractivity contribution in [1.29, 1.82) is 0 Å². The van der Waals surface area contributed by atoms with Gasteiger partial charge in [-0.05, 0) is 54.2 Å². The zero-order valence-electron chi connectivity index (χ0n) is 16.1. The molecule has 0 saturated heterocycles. The van der Waals surface area contributed by atoms with Gasteiger partial charge in [0.2, 0.25) is 0 Å². The number of benzene rings is 6. The maximum Gasteiger partial charge on any atom is 0.0733 e. The van der Waals surface area contributed by atoms with Crippen LogP contribution < -0.4 is 0 Å². The van der Waals surface area contributed by atoms with Crippen LogP contribution in [0.15, 0.2) is 97.1 Å². The second-order valence-corrected chi connectivity index (χ2v) is 7.68. The van der Waals surface area contributed by atoms with Gasteiger partial charge in [-0.1, -0.05) is 97.1 Å². The van der Waals surface area contributed by atoms with Gasteiger partial charge in [0.1, 0.15) is 0 Å². The average Bonchev–Trinajstić information content (AvgIpc) is 2.79. The van der Waals surface area contributed by atoms with Crippen molar-refractivity contribution >= 4 is 43.1 Å². The molecule has 1 heteroatoms. The quantitative estimate of drug-likeness (QED) is 0.231. The minimum absolute atomic E-state index is 0.601. The molecule has 0 saturated carbocycles. The van der Waals surface area contributed by atoms with E-state index < -0.39 is 0 Å². The monoisotopic (exact) mass is 372 g/mol. The predicted octanol–water partition coefficient (Wildman–Crippen LogP) is 7.45. The molecule has 1 nitrogen and oxygen atoms in total. The minimum Gasteiger partial charge on any atom is -0.372 e. The summed E-state index contributed by atoms with van der Waals surface area (Å²) in [5.41, 5.74) is 2.48. The van der Waals surface area contributed by atoms with Gasteiger partial charge in [0.15, 0.2) is 0 Å². The lowest BCUT2D eigenvalue weighted by Gasteiger charge is -2.17. The van der Waals surface area contributed by atoms with Crippen LogP contribution in [0.4, 0.5) is 0 Å². The largest absolute Gasteiger partial charge is 0.372 e. The fraction of sp³-hybridized carbons (Fsp3) is 0.0714. The van der Waals surface area contributed by atoms with Crippen LogP contribution in [-0.2, 0) is 18.0 Å². The lowest BCUT2D eigenvalue weighted by molar-refractivity contribution is 0.109. The normalized spacial score (nSPS) is 11.9. The van der Waals surface area contributed by atoms with E-state index in [9.17, 15) is 0 Å². The highest BCUT2D eigenvalue weighted by Gasteiger charge is 2.15. The van der Waals surface area contributed by atoms with Gasteiger partial charge in [0.05, 0.1) is 13.2 Å². The summed E-state index contributed by atoms with van der Waals surface area (Å²) in [6.45, 7) is 1.22. The molecule has 0 unspecified atom stereocenters. The molecular formula is C28H20O. The second-order valence-electron chi connectivity index (χ2n) is 7.68. The smallest absolute Gasteiger partial charge is 0.0733 e. The van der Waals surface area contributed by atoms with E-state index in [1.165, 1.54) is 54.2 Å². The number of hydrogen-bond donors (Lipinski definition) is 0. The predicted molar refractivity (Wildman–Crippen MR) is 123 cm³/mol. The Bertz CT molecular complexity index is 1450. The van der Waals surface area contributed by atoms with Crippen LogP contribution in [0, 0.1) is 0 Å². The zero-order valence-corrected chi connectivity index (χ0v) is 16.1. The molecule has 0 bridgehead atoms. The molecule has 0 amide bonds. The van der Waals surface area contributed by atoms with Crippen molar-refractivity contribution in [3.05, 3.63) is 108 Å². The van der Waals surface area contributed by atoms with Crippen LogP contribution in [0.1, 0.15) is 11.1 Å². The zero-order chi connectivity index (χ0) is 19.2. The SMILES string of the molecule is c1ccc(COCc2c3ccccc3c3ccc4cccc5ccc2c3c54)cc1. The Balaban J connectivity index is 1.59. The summed E-state index contributed by atoms with van der Waals surface area (Å²) in [4.78, 5) is 0. The van der Waals surface area contributed by atoms with Crippen molar-refractivity contribution in [2.45, 2.75) is 13.2 Å². The number of hydrogen-bond acceptors (Lipinski definition) is 1. The van der Waals surface area contributed by atoms with Crippen molar-refractivity contribution in [1.82, 2.24) is 0 Å². The van der Waals surface area contributed by atoms with Crippen LogP contribution in [0.5, 0.6) is 0 Å². The lowest BCUT2D eigenvalue weighted by atomic mass is 9.88. The van der Waals surface area contributed by atoms with Gasteiger partial charge in [-0.25, -0.2) is 0 Å². The average molecular weight is 372 g/mol. The Morgan fingerprint density at radius 1 is 0.448 bits per heavy atom. The fourth-order valence-electron chi connectivity index (χ4n) is 4.69. The summed E-state index contributed by atoms with van der Waals surface area (Å²) in [6, 6.07) is 34.7. The van der Waals surface area contributed by atoms with Gasteiger partial charge in [-0.2, -0.15) is 0 Å². The van der Waals surface area contributed by atoms with E-state index in [2.05, 4.69) is 91.0 Å². The van der Waals surface area contributed by atoms with Crippen molar-refractivity contribution in [3.8, 4) is 0 Å². The van der Waals surface area contributed by atoms with Crippen LogP contribution in [0.3, 0.4) is 0 Å². The van der Waals surface area contributed by atoms with Crippen LogP contribution in [-0.4, -0.2) is 0 Å². The first-order chi connectivity index (χ1) is 14.4. The molecule has 6 rings (SSSR count). The minimum atomic E-state index is 0.601. The van der Waals surface area contributed by atoms with Gasteiger partial charge >= 0.3 is 0 Å². The molecule has 0 aliphatic rings. The third kappa shape index (κ3) is 2.59.